The number of methoxy groups -OCH3 is 2. The first-order valence-electron chi connectivity index (χ1n) is 12.2. The quantitative estimate of drug-likeness (QED) is 0.734. The van der Waals surface area contributed by atoms with Crippen LogP contribution >= 0.6 is 0 Å². The third kappa shape index (κ3) is 3.14. The van der Waals surface area contributed by atoms with Crippen molar-refractivity contribution < 1.29 is 14.3 Å². The second kappa shape index (κ2) is 7.84. The molecule has 6 nitrogen and oxygen atoms in total. The minimum atomic E-state index is 0.119. The fourth-order valence-corrected chi connectivity index (χ4v) is 6.93. The summed E-state index contributed by atoms with van der Waals surface area (Å²) < 4.78 is 10.9. The van der Waals surface area contributed by atoms with Crippen molar-refractivity contribution in [2.24, 2.45) is 11.8 Å². The molecule has 2 aromatic rings. The summed E-state index contributed by atoms with van der Waals surface area (Å²) in [5.74, 6) is 2.71. The zero-order valence-corrected chi connectivity index (χ0v) is 19.1. The normalized spacial score (nSPS) is 29.8. The van der Waals surface area contributed by atoms with Gasteiger partial charge in [0, 0.05) is 36.1 Å². The van der Waals surface area contributed by atoms with Gasteiger partial charge < -0.3 is 19.4 Å². The number of fused-ring (bicyclic) bond motifs is 7. The molecule has 6 rings (SSSR count). The van der Waals surface area contributed by atoms with Gasteiger partial charge in [0.15, 0.2) is 11.5 Å². The molecule has 0 spiro atoms. The molecule has 1 aromatic carbocycles. The van der Waals surface area contributed by atoms with Crippen LogP contribution in [0.5, 0.6) is 11.5 Å². The first-order chi connectivity index (χ1) is 15.7. The predicted molar refractivity (Wildman–Crippen MR) is 124 cm³/mol. The Balaban J connectivity index is 1.32. The van der Waals surface area contributed by atoms with Crippen LogP contribution in [0, 0.1) is 11.8 Å². The van der Waals surface area contributed by atoms with Gasteiger partial charge in [-0.3, -0.25) is 9.69 Å². The van der Waals surface area contributed by atoms with Gasteiger partial charge in [-0.1, -0.05) is 18.1 Å². The molecule has 1 amide bonds. The predicted octanol–water partition coefficient (Wildman–Crippen LogP) is 4.22. The molecule has 1 N–H and O–H groups in total. The second-order valence-corrected chi connectivity index (χ2v) is 9.98. The van der Waals surface area contributed by atoms with E-state index in [9.17, 15) is 4.79 Å². The lowest BCUT2D eigenvalue weighted by molar-refractivity contribution is 0.00134. The molecule has 6 heteroatoms. The third-order valence-corrected chi connectivity index (χ3v) is 8.27. The van der Waals surface area contributed by atoms with E-state index >= 15 is 0 Å². The maximum Gasteiger partial charge on any atom is 0.270 e. The highest BCUT2D eigenvalue weighted by Crippen LogP contribution is 2.45. The van der Waals surface area contributed by atoms with E-state index in [-0.39, 0.29) is 11.9 Å². The van der Waals surface area contributed by atoms with Gasteiger partial charge in [-0.05, 0) is 62.6 Å². The molecule has 3 saturated heterocycles. The molecule has 2 unspecified atom stereocenters. The lowest BCUT2D eigenvalue weighted by Crippen LogP contribution is -2.60. The van der Waals surface area contributed by atoms with E-state index in [2.05, 4.69) is 20.9 Å². The molecule has 0 radical (unpaired) electrons. The number of aromatic nitrogens is 1. The average Bonchev–Trinajstić information content (AvgIpc) is 3.25. The van der Waals surface area contributed by atoms with Crippen molar-refractivity contribution in [2.75, 3.05) is 33.9 Å². The molecule has 3 aliphatic heterocycles. The van der Waals surface area contributed by atoms with Gasteiger partial charge in [-0.25, -0.2) is 0 Å². The Bertz CT molecular complexity index is 1030. The van der Waals surface area contributed by atoms with Crippen LogP contribution in [0.2, 0.25) is 0 Å². The number of amides is 1. The maximum absolute atomic E-state index is 13.8. The Kier molecular flexibility index (Phi) is 4.94. The van der Waals surface area contributed by atoms with Crippen molar-refractivity contribution in [2.45, 2.75) is 50.6 Å². The zero-order valence-electron chi connectivity index (χ0n) is 19.1. The number of hydrogen-bond acceptors (Lipinski definition) is 4. The summed E-state index contributed by atoms with van der Waals surface area (Å²) in [7, 11) is 3.27. The first kappa shape index (κ1) is 20.2. The van der Waals surface area contributed by atoms with Crippen molar-refractivity contribution in [1.29, 1.82) is 0 Å². The number of carbonyl (C=O) groups is 1. The van der Waals surface area contributed by atoms with Gasteiger partial charge in [-0.2, -0.15) is 0 Å². The molecule has 1 aromatic heterocycles. The van der Waals surface area contributed by atoms with Crippen LogP contribution in [0.4, 0.5) is 0 Å². The summed E-state index contributed by atoms with van der Waals surface area (Å²) in [6.45, 7) is 3.22. The Morgan fingerprint density at radius 1 is 1.06 bits per heavy atom. The van der Waals surface area contributed by atoms with Gasteiger partial charge >= 0.3 is 0 Å². The fourth-order valence-electron chi connectivity index (χ4n) is 6.93. The SMILES string of the molecule is COc1cc2cc(C(=O)N3CCCC4=C[C@@H]5C[C@@H](CN6CCCCC56)C43)[nH]c2cc1OC. The molecule has 4 atom stereocenters. The van der Waals surface area contributed by atoms with Crippen LogP contribution in [0.15, 0.2) is 29.8 Å². The smallest absolute Gasteiger partial charge is 0.270 e. The summed E-state index contributed by atoms with van der Waals surface area (Å²) >= 11 is 0. The van der Waals surface area contributed by atoms with E-state index in [1.807, 2.05) is 18.2 Å². The number of hydrogen-bond donors (Lipinski definition) is 1. The minimum absolute atomic E-state index is 0.119. The van der Waals surface area contributed by atoms with Crippen LogP contribution in [-0.2, 0) is 0 Å². The number of piperidine rings is 3. The minimum Gasteiger partial charge on any atom is -0.493 e. The largest absolute Gasteiger partial charge is 0.493 e. The number of aromatic amines is 1. The summed E-state index contributed by atoms with van der Waals surface area (Å²) in [6, 6.07) is 6.80. The zero-order chi connectivity index (χ0) is 21.8. The van der Waals surface area contributed by atoms with Gasteiger partial charge in [0.25, 0.3) is 5.91 Å². The Hall–Kier alpha value is -2.47. The number of benzene rings is 1. The topological polar surface area (TPSA) is 57.8 Å². The highest BCUT2D eigenvalue weighted by Gasteiger charge is 2.47. The first-order valence-corrected chi connectivity index (χ1v) is 12.2. The maximum atomic E-state index is 13.8. The number of ether oxygens (including phenoxy) is 2. The highest BCUT2D eigenvalue weighted by molar-refractivity contribution is 5.99. The third-order valence-electron chi connectivity index (χ3n) is 8.27. The molecule has 1 aliphatic carbocycles. The van der Waals surface area contributed by atoms with Crippen molar-refractivity contribution in [1.82, 2.24) is 14.8 Å². The summed E-state index contributed by atoms with van der Waals surface area (Å²) in [6.07, 6.45) is 10.1. The molecule has 4 heterocycles. The Labute approximate surface area is 189 Å². The summed E-state index contributed by atoms with van der Waals surface area (Å²) in [5, 5.41) is 0.969. The number of rotatable bonds is 3. The number of H-pyrrole nitrogens is 1. The van der Waals surface area contributed by atoms with E-state index in [1.54, 1.807) is 14.2 Å². The number of nitrogens with zero attached hydrogens (tertiary/aromatic N) is 2. The molecule has 170 valence electrons. The van der Waals surface area contributed by atoms with Crippen molar-refractivity contribution in [3.63, 3.8) is 0 Å². The lowest BCUT2D eigenvalue weighted by Gasteiger charge is -2.54. The fraction of sp³-hybridized carbons (Fsp3) is 0.577. The van der Waals surface area contributed by atoms with Crippen LogP contribution < -0.4 is 9.47 Å². The standard InChI is InChI=1S/C26H33N3O3/c1-31-23-13-17-12-21(27-20(17)14-24(23)32-2)26(30)29-9-5-6-16-10-18-11-19(25(16)29)15-28-8-4-3-7-22(18)28/h10,12-14,18-19,22,25,27H,3-9,11,15H2,1-2H3/t18-,19+,22?,25?/m1/s1. The monoisotopic (exact) mass is 435 g/mol. The van der Waals surface area contributed by atoms with E-state index in [4.69, 9.17) is 9.47 Å². The second-order valence-electron chi connectivity index (χ2n) is 9.98. The van der Waals surface area contributed by atoms with E-state index < -0.39 is 0 Å². The van der Waals surface area contributed by atoms with Gasteiger partial charge in [0.2, 0.25) is 0 Å². The van der Waals surface area contributed by atoms with Gasteiger partial charge in [0.05, 0.1) is 20.3 Å². The highest BCUT2D eigenvalue weighted by atomic mass is 16.5. The number of nitrogens with one attached hydrogen (secondary N) is 1. The van der Waals surface area contributed by atoms with Gasteiger partial charge in [0.1, 0.15) is 5.69 Å². The van der Waals surface area contributed by atoms with Crippen LogP contribution in [0.25, 0.3) is 10.9 Å². The average molecular weight is 436 g/mol. The Morgan fingerprint density at radius 2 is 1.91 bits per heavy atom. The van der Waals surface area contributed by atoms with Crippen molar-refractivity contribution in [3.8, 4) is 11.5 Å². The van der Waals surface area contributed by atoms with E-state index in [0.29, 0.717) is 29.0 Å². The van der Waals surface area contributed by atoms with Crippen LogP contribution in [0.3, 0.4) is 0 Å². The van der Waals surface area contributed by atoms with E-state index in [1.165, 1.54) is 37.8 Å². The number of carbonyl (C=O) groups excluding carboxylic acids is 1. The molecule has 0 saturated carbocycles. The number of likely N-dealkylation sites (tertiary alicyclic amines) is 1. The molecule has 32 heavy (non-hydrogen) atoms. The molecule has 2 bridgehead atoms. The Morgan fingerprint density at radius 3 is 2.75 bits per heavy atom. The summed E-state index contributed by atoms with van der Waals surface area (Å²) in [4.78, 5) is 22.0. The molecular formula is C26H33N3O3. The molecule has 4 aliphatic rings. The van der Waals surface area contributed by atoms with Crippen molar-refractivity contribution in [3.05, 3.63) is 35.5 Å². The van der Waals surface area contributed by atoms with Gasteiger partial charge in [-0.15, -0.1) is 0 Å². The van der Waals surface area contributed by atoms with Crippen LogP contribution in [-0.4, -0.2) is 66.6 Å². The van der Waals surface area contributed by atoms with Crippen LogP contribution in [0.1, 0.15) is 49.0 Å². The van der Waals surface area contributed by atoms with E-state index in [0.717, 1.165) is 42.9 Å². The molecule has 3 fully saturated rings. The van der Waals surface area contributed by atoms with Crippen molar-refractivity contribution >= 4 is 16.8 Å². The molecular weight excluding hydrogens is 402 g/mol. The lowest BCUT2D eigenvalue weighted by atomic mass is 9.68. The summed E-state index contributed by atoms with van der Waals surface area (Å²) in [5.41, 5.74) is 3.08.